The van der Waals surface area contributed by atoms with E-state index >= 15 is 0 Å². The lowest BCUT2D eigenvalue weighted by Crippen LogP contribution is -2.26. The first-order valence-corrected chi connectivity index (χ1v) is 9.65. The number of nitrogens with zero attached hydrogens (tertiary/aromatic N) is 3. The summed E-state index contributed by atoms with van der Waals surface area (Å²) in [5.74, 6) is -0.566. The number of aromatic nitrogens is 3. The van der Waals surface area contributed by atoms with Crippen molar-refractivity contribution in [3.63, 3.8) is 0 Å². The van der Waals surface area contributed by atoms with Crippen LogP contribution < -0.4 is 5.32 Å². The first-order valence-electron chi connectivity index (χ1n) is 9.65. The fraction of sp³-hybridized carbons (Fsp3) is 0.125. The molecule has 2 aromatic heterocycles. The average Bonchev–Trinajstić information content (AvgIpc) is 3.21. The maximum absolute atomic E-state index is 13.3. The zero-order chi connectivity index (χ0) is 21.1. The Morgan fingerprint density at radius 3 is 2.47 bits per heavy atom. The Hall–Kier alpha value is -3.80. The molecule has 2 heterocycles. The van der Waals surface area contributed by atoms with E-state index in [4.69, 9.17) is 0 Å². The van der Waals surface area contributed by atoms with Gasteiger partial charge in [-0.25, -0.2) is 9.07 Å². The van der Waals surface area contributed by atoms with Crippen LogP contribution in [-0.2, 0) is 0 Å². The lowest BCUT2D eigenvalue weighted by Gasteiger charge is -2.13. The highest BCUT2D eigenvalue weighted by Gasteiger charge is 2.20. The van der Waals surface area contributed by atoms with Crippen LogP contribution in [0.3, 0.4) is 0 Å². The predicted molar refractivity (Wildman–Crippen MR) is 114 cm³/mol. The van der Waals surface area contributed by atoms with Gasteiger partial charge in [-0.1, -0.05) is 35.9 Å². The van der Waals surface area contributed by atoms with Crippen molar-refractivity contribution in [2.45, 2.75) is 19.9 Å². The molecule has 1 N–H and O–H groups in total. The molecule has 4 aromatic rings. The summed E-state index contributed by atoms with van der Waals surface area (Å²) in [7, 11) is 0. The Morgan fingerprint density at radius 2 is 1.80 bits per heavy atom. The first kappa shape index (κ1) is 19.5. The van der Waals surface area contributed by atoms with Gasteiger partial charge in [0, 0.05) is 24.2 Å². The van der Waals surface area contributed by atoms with E-state index in [-0.39, 0.29) is 17.8 Å². The largest absolute Gasteiger partial charge is 0.345 e. The van der Waals surface area contributed by atoms with Crippen LogP contribution in [0.4, 0.5) is 4.39 Å². The van der Waals surface area contributed by atoms with Gasteiger partial charge < -0.3 is 5.32 Å². The van der Waals surface area contributed by atoms with Gasteiger partial charge in [-0.05, 0) is 49.7 Å². The Balaban J connectivity index is 1.71. The average molecular weight is 400 g/mol. The smallest absolute Gasteiger partial charge is 0.255 e. The number of carbonyl (C=O) groups is 1. The van der Waals surface area contributed by atoms with Crippen LogP contribution >= 0.6 is 0 Å². The molecule has 1 amide bonds. The number of benzene rings is 2. The van der Waals surface area contributed by atoms with E-state index < -0.39 is 0 Å². The molecule has 0 saturated heterocycles. The number of carbonyl (C=O) groups excluding carboxylic acids is 1. The minimum absolute atomic E-state index is 0.216. The van der Waals surface area contributed by atoms with Crippen molar-refractivity contribution in [2.75, 3.05) is 0 Å². The summed E-state index contributed by atoms with van der Waals surface area (Å²) in [6.07, 6.45) is 5.10. The van der Waals surface area contributed by atoms with E-state index in [0.29, 0.717) is 16.9 Å². The lowest BCUT2D eigenvalue weighted by molar-refractivity contribution is 0.0940. The summed E-state index contributed by atoms with van der Waals surface area (Å²) in [5, 5.41) is 7.65. The predicted octanol–water partition coefficient (Wildman–Crippen LogP) is 4.87. The highest BCUT2D eigenvalue weighted by Crippen LogP contribution is 2.25. The van der Waals surface area contributed by atoms with Crippen molar-refractivity contribution in [3.05, 3.63) is 102 Å². The molecule has 0 aliphatic rings. The molecule has 0 saturated carbocycles. The van der Waals surface area contributed by atoms with Gasteiger partial charge in [0.15, 0.2) is 0 Å². The second kappa shape index (κ2) is 8.29. The number of hydrogen-bond acceptors (Lipinski definition) is 3. The van der Waals surface area contributed by atoms with Gasteiger partial charge >= 0.3 is 0 Å². The van der Waals surface area contributed by atoms with Gasteiger partial charge in [0.2, 0.25) is 0 Å². The Labute approximate surface area is 174 Å². The van der Waals surface area contributed by atoms with E-state index in [1.807, 2.05) is 50.2 Å². The van der Waals surface area contributed by atoms with Crippen LogP contribution in [0.25, 0.3) is 16.9 Å². The molecule has 5 nitrogen and oxygen atoms in total. The van der Waals surface area contributed by atoms with Crippen molar-refractivity contribution < 1.29 is 9.18 Å². The maximum atomic E-state index is 13.3. The van der Waals surface area contributed by atoms with E-state index in [0.717, 1.165) is 16.7 Å². The molecule has 0 aliphatic heterocycles. The summed E-state index contributed by atoms with van der Waals surface area (Å²) in [4.78, 5) is 17.3. The number of rotatable bonds is 5. The van der Waals surface area contributed by atoms with E-state index in [1.54, 1.807) is 35.4 Å². The third-order valence-corrected chi connectivity index (χ3v) is 4.91. The van der Waals surface area contributed by atoms with Crippen molar-refractivity contribution in [1.82, 2.24) is 20.1 Å². The normalized spacial score (nSPS) is 11.8. The molecule has 1 atom stereocenters. The third kappa shape index (κ3) is 4.12. The molecule has 30 heavy (non-hydrogen) atoms. The van der Waals surface area contributed by atoms with Gasteiger partial charge in [0.25, 0.3) is 5.91 Å². The van der Waals surface area contributed by atoms with Gasteiger partial charge in [0.1, 0.15) is 11.5 Å². The second-order valence-electron chi connectivity index (χ2n) is 7.16. The minimum atomic E-state index is -0.326. The summed E-state index contributed by atoms with van der Waals surface area (Å²) < 4.78 is 14.9. The quantitative estimate of drug-likeness (QED) is 0.520. The van der Waals surface area contributed by atoms with Crippen LogP contribution in [0.1, 0.15) is 34.5 Å². The Morgan fingerprint density at radius 1 is 1.07 bits per heavy atom. The summed E-state index contributed by atoms with van der Waals surface area (Å²) in [5.41, 5.74) is 4.54. The van der Waals surface area contributed by atoms with Gasteiger partial charge in [0.05, 0.1) is 17.3 Å². The summed E-state index contributed by atoms with van der Waals surface area (Å²) >= 11 is 0. The fourth-order valence-corrected chi connectivity index (χ4v) is 3.18. The zero-order valence-electron chi connectivity index (χ0n) is 16.7. The van der Waals surface area contributed by atoms with Crippen molar-refractivity contribution in [1.29, 1.82) is 0 Å². The summed E-state index contributed by atoms with van der Waals surface area (Å²) in [6.45, 7) is 3.91. The van der Waals surface area contributed by atoms with Crippen LogP contribution in [0.15, 0.2) is 79.3 Å². The van der Waals surface area contributed by atoms with E-state index in [9.17, 15) is 9.18 Å². The molecule has 0 radical (unpaired) electrons. The van der Waals surface area contributed by atoms with Gasteiger partial charge in [-0.15, -0.1) is 0 Å². The monoisotopic (exact) mass is 400 g/mol. The van der Waals surface area contributed by atoms with Crippen LogP contribution in [0.2, 0.25) is 0 Å². The topological polar surface area (TPSA) is 59.8 Å². The molecular formula is C24H21FN4O. The number of halogens is 1. The number of nitrogens with one attached hydrogen (secondary N) is 1. The molecular weight excluding hydrogens is 379 g/mol. The maximum Gasteiger partial charge on any atom is 0.255 e. The highest BCUT2D eigenvalue weighted by molar-refractivity contribution is 6.00. The van der Waals surface area contributed by atoms with Crippen LogP contribution in [0.5, 0.6) is 0 Å². The molecule has 2 aromatic carbocycles. The number of amides is 1. The third-order valence-electron chi connectivity index (χ3n) is 4.91. The molecule has 0 spiro atoms. The van der Waals surface area contributed by atoms with Crippen molar-refractivity contribution in [3.8, 4) is 16.9 Å². The molecule has 150 valence electrons. The molecule has 6 heteroatoms. The number of aryl methyl sites for hydroxylation is 1. The number of hydrogen-bond donors (Lipinski definition) is 1. The standard InChI is InChI=1S/C24H21FN4O/c1-16-5-7-18(8-6-16)23-22(15-29(28-23)21-11-9-20(25)10-12-21)24(30)27-17(2)19-4-3-13-26-14-19/h3-15,17H,1-2H3,(H,27,30). The zero-order valence-corrected chi connectivity index (χ0v) is 16.7. The highest BCUT2D eigenvalue weighted by atomic mass is 19.1. The lowest BCUT2D eigenvalue weighted by atomic mass is 10.1. The number of pyridine rings is 1. The van der Waals surface area contributed by atoms with Gasteiger partial charge in [-0.3, -0.25) is 9.78 Å². The molecule has 0 aliphatic carbocycles. The fourth-order valence-electron chi connectivity index (χ4n) is 3.18. The molecule has 0 bridgehead atoms. The van der Waals surface area contributed by atoms with Crippen molar-refractivity contribution >= 4 is 5.91 Å². The first-order chi connectivity index (χ1) is 14.5. The van der Waals surface area contributed by atoms with E-state index in [1.165, 1.54) is 12.1 Å². The van der Waals surface area contributed by atoms with Crippen LogP contribution in [-0.4, -0.2) is 20.7 Å². The van der Waals surface area contributed by atoms with Crippen molar-refractivity contribution in [2.24, 2.45) is 0 Å². The summed E-state index contributed by atoms with van der Waals surface area (Å²) in [6, 6.07) is 17.4. The Bertz CT molecular complexity index is 1150. The molecule has 0 fully saturated rings. The van der Waals surface area contributed by atoms with E-state index in [2.05, 4.69) is 15.4 Å². The van der Waals surface area contributed by atoms with Gasteiger partial charge in [-0.2, -0.15) is 5.10 Å². The second-order valence-corrected chi connectivity index (χ2v) is 7.16. The minimum Gasteiger partial charge on any atom is -0.345 e. The molecule has 4 rings (SSSR count). The van der Waals surface area contributed by atoms with Crippen LogP contribution in [0, 0.1) is 12.7 Å². The molecule has 1 unspecified atom stereocenters. The SMILES string of the molecule is Cc1ccc(-c2nn(-c3ccc(F)cc3)cc2C(=O)NC(C)c2cccnc2)cc1. The Kier molecular flexibility index (Phi) is 5.39.